The van der Waals surface area contributed by atoms with Gasteiger partial charge in [0, 0.05) is 0 Å². The van der Waals surface area contributed by atoms with Gasteiger partial charge >= 0.3 is 0 Å². The number of aromatic amines is 1. The smallest absolute Gasteiger partial charge is 0.247 e. The molecule has 1 rings (SSSR count). The fraction of sp³-hybridized carbons (Fsp3) is 0.906. The Morgan fingerprint density at radius 3 is 1.47 bits per heavy atom. The summed E-state index contributed by atoms with van der Waals surface area (Å²) in [5, 5.41) is 0. The quantitative estimate of drug-likeness (QED) is 0.107. The molecule has 0 bridgehead atoms. The Labute approximate surface area is 215 Å². The molecule has 2 heteroatoms. The molecule has 0 fully saturated rings. The molecule has 0 aromatic carbocycles. The van der Waals surface area contributed by atoms with Crippen molar-refractivity contribution in [3.63, 3.8) is 0 Å². The first-order valence-corrected chi connectivity index (χ1v) is 15.8. The molecule has 2 atom stereocenters. The average molecular weight is 476 g/mol. The third-order valence-electron chi connectivity index (χ3n) is 7.89. The second kappa shape index (κ2) is 22.7. The van der Waals surface area contributed by atoms with Crippen molar-refractivity contribution in [1.29, 1.82) is 0 Å². The van der Waals surface area contributed by atoms with Gasteiger partial charge in [-0.15, -0.1) is 0 Å². The summed E-state index contributed by atoms with van der Waals surface area (Å²) >= 11 is 0. The van der Waals surface area contributed by atoms with Crippen molar-refractivity contribution in [3.05, 3.63) is 18.2 Å². The molecule has 0 saturated carbocycles. The van der Waals surface area contributed by atoms with E-state index in [2.05, 4.69) is 49.6 Å². The fourth-order valence-electron chi connectivity index (χ4n) is 5.54. The summed E-state index contributed by atoms with van der Waals surface area (Å²) in [6.45, 7) is 9.37. The largest absolute Gasteiger partial charge is 0.257 e. The second-order valence-electron chi connectivity index (χ2n) is 11.2. The van der Waals surface area contributed by atoms with Gasteiger partial charge in [0.15, 0.2) is 0 Å². The van der Waals surface area contributed by atoms with Crippen molar-refractivity contribution < 1.29 is 4.57 Å². The lowest BCUT2D eigenvalue weighted by atomic mass is 9.93. The summed E-state index contributed by atoms with van der Waals surface area (Å²) in [4.78, 5) is 3.67. The summed E-state index contributed by atoms with van der Waals surface area (Å²) in [7, 11) is 0. The predicted octanol–water partition coefficient (Wildman–Crippen LogP) is 11.0. The van der Waals surface area contributed by atoms with Crippen LogP contribution in [-0.4, -0.2) is 4.98 Å². The summed E-state index contributed by atoms with van der Waals surface area (Å²) in [5.41, 5.74) is 0. The SMILES string of the molecule is CCCCCCCCCCCCCCCC(CCCCC)c1[nH]cc[n+]1C(C)CCCCCC. The van der Waals surface area contributed by atoms with Crippen molar-refractivity contribution in [1.82, 2.24) is 4.98 Å². The van der Waals surface area contributed by atoms with Gasteiger partial charge < -0.3 is 0 Å². The molecule has 1 aromatic heterocycles. The van der Waals surface area contributed by atoms with E-state index in [1.807, 2.05) is 0 Å². The van der Waals surface area contributed by atoms with Crippen molar-refractivity contribution in [2.45, 2.75) is 187 Å². The van der Waals surface area contributed by atoms with Crippen LogP contribution in [0.2, 0.25) is 0 Å². The van der Waals surface area contributed by atoms with E-state index < -0.39 is 0 Å². The Morgan fingerprint density at radius 2 is 0.941 bits per heavy atom. The Kier molecular flexibility index (Phi) is 20.8. The number of imidazole rings is 1. The predicted molar refractivity (Wildman–Crippen MR) is 152 cm³/mol. The van der Waals surface area contributed by atoms with E-state index in [1.54, 1.807) is 0 Å². The van der Waals surface area contributed by atoms with Gasteiger partial charge in [0.05, 0.1) is 12.0 Å². The third-order valence-corrected chi connectivity index (χ3v) is 7.89. The Balaban J connectivity index is 2.30. The molecule has 1 aromatic rings. The van der Waals surface area contributed by atoms with E-state index in [0.717, 1.165) is 0 Å². The van der Waals surface area contributed by atoms with Crippen molar-refractivity contribution in [2.75, 3.05) is 0 Å². The number of hydrogen-bond acceptors (Lipinski definition) is 0. The highest BCUT2D eigenvalue weighted by atomic mass is 15.1. The zero-order chi connectivity index (χ0) is 24.7. The summed E-state index contributed by atoms with van der Waals surface area (Å²) in [6, 6.07) is 0.624. The first-order chi connectivity index (χ1) is 16.7. The zero-order valence-electron chi connectivity index (χ0n) is 24.0. The molecule has 1 N–H and O–H groups in total. The van der Waals surface area contributed by atoms with Gasteiger partial charge in [0.25, 0.3) is 5.82 Å². The monoisotopic (exact) mass is 475 g/mol. The van der Waals surface area contributed by atoms with Crippen LogP contribution >= 0.6 is 0 Å². The molecule has 0 radical (unpaired) electrons. The Hall–Kier alpha value is -0.790. The molecule has 0 aliphatic rings. The second-order valence-corrected chi connectivity index (χ2v) is 11.2. The zero-order valence-corrected chi connectivity index (χ0v) is 24.0. The molecule has 0 aliphatic carbocycles. The average Bonchev–Trinajstić information content (AvgIpc) is 3.33. The number of rotatable bonds is 25. The van der Waals surface area contributed by atoms with Gasteiger partial charge in [0.1, 0.15) is 12.4 Å². The molecule has 0 saturated heterocycles. The van der Waals surface area contributed by atoms with E-state index in [0.29, 0.717) is 12.0 Å². The van der Waals surface area contributed by atoms with Gasteiger partial charge in [0.2, 0.25) is 0 Å². The lowest BCUT2D eigenvalue weighted by Gasteiger charge is -2.17. The van der Waals surface area contributed by atoms with E-state index in [4.69, 9.17) is 0 Å². The van der Waals surface area contributed by atoms with Crippen molar-refractivity contribution in [3.8, 4) is 0 Å². The van der Waals surface area contributed by atoms with Crippen LogP contribution < -0.4 is 4.57 Å². The molecule has 0 aliphatic heterocycles. The van der Waals surface area contributed by atoms with E-state index in [1.165, 1.54) is 154 Å². The molecule has 2 nitrogen and oxygen atoms in total. The Morgan fingerprint density at radius 1 is 0.559 bits per heavy atom. The summed E-state index contributed by atoms with van der Waals surface area (Å²) in [5.74, 6) is 2.23. The highest BCUT2D eigenvalue weighted by Gasteiger charge is 2.25. The van der Waals surface area contributed by atoms with Crippen LogP contribution in [-0.2, 0) is 0 Å². The van der Waals surface area contributed by atoms with Gasteiger partial charge in [-0.2, -0.15) is 0 Å². The van der Waals surface area contributed by atoms with E-state index in [-0.39, 0.29) is 0 Å². The lowest BCUT2D eigenvalue weighted by molar-refractivity contribution is -0.727. The molecule has 0 spiro atoms. The number of nitrogens with one attached hydrogen (secondary N) is 1. The molecule has 1 heterocycles. The van der Waals surface area contributed by atoms with Gasteiger partial charge in [-0.25, -0.2) is 9.55 Å². The molecular formula is C32H63N2+. The Bertz CT molecular complexity index is 535. The lowest BCUT2D eigenvalue weighted by Crippen LogP contribution is -2.41. The van der Waals surface area contributed by atoms with Crippen molar-refractivity contribution in [2.24, 2.45) is 0 Å². The van der Waals surface area contributed by atoms with Crippen LogP contribution in [0.25, 0.3) is 0 Å². The molecule has 0 amide bonds. The number of aromatic nitrogens is 2. The highest BCUT2D eigenvalue weighted by molar-refractivity contribution is 4.90. The minimum Gasteiger partial charge on any atom is -0.247 e. The maximum absolute atomic E-state index is 3.67. The summed E-state index contributed by atoms with van der Waals surface area (Å²) in [6.07, 6.45) is 36.9. The third kappa shape index (κ3) is 15.3. The number of H-pyrrole nitrogens is 1. The van der Waals surface area contributed by atoms with Crippen LogP contribution in [0.4, 0.5) is 0 Å². The maximum atomic E-state index is 3.67. The molecule has 34 heavy (non-hydrogen) atoms. The minimum absolute atomic E-state index is 0.624. The van der Waals surface area contributed by atoms with Gasteiger partial charge in [-0.3, -0.25) is 0 Å². The highest BCUT2D eigenvalue weighted by Crippen LogP contribution is 2.27. The minimum atomic E-state index is 0.624. The maximum Gasteiger partial charge on any atom is 0.257 e. The fourth-order valence-corrected chi connectivity index (χ4v) is 5.54. The van der Waals surface area contributed by atoms with Crippen LogP contribution in [0.5, 0.6) is 0 Å². The van der Waals surface area contributed by atoms with Crippen LogP contribution in [0.1, 0.15) is 193 Å². The normalized spacial score (nSPS) is 13.4. The number of unbranched alkanes of at least 4 members (excludes halogenated alkanes) is 17. The standard InChI is InChI=1S/C32H62N2/c1-5-8-11-13-14-15-16-17-18-19-20-21-24-27-31(26-22-10-7-3)32-33-28-29-34(32)30(4)25-23-12-9-6-2/h28-31H,5-27H2,1-4H3/p+1. The van der Waals surface area contributed by atoms with Crippen molar-refractivity contribution >= 4 is 0 Å². The molecular weight excluding hydrogens is 412 g/mol. The number of nitrogens with zero attached hydrogens (tertiary/aromatic N) is 1. The van der Waals surface area contributed by atoms with Crippen LogP contribution in [0, 0.1) is 0 Å². The van der Waals surface area contributed by atoms with Gasteiger partial charge in [-0.05, 0) is 32.6 Å². The summed E-state index contributed by atoms with van der Waals surface area (Å²) < 4.78 is 2.59. The molecule has 200 valence electrons. The number of hydrogen-bond donors (Lipinski definition) is 1. The van der Waals surface area contributed by atoms with Crippen LogP contribution in [0.3, 0.4) is 0 Å². The van der Waals surface area contributed by atoms with Crippen LogP contribution in [0.15, 0.2) is 12.4 Å². The first-order valence-electron chi connectivity index (χ1n) is 15.8. The first kappa shape index (κ1) is 31.2. The van der Waals surface area contributed by atoms with E-state index >= 15 is 0 Å². The molecule has 2 unspecified atom stereocenters. The van der Waals surface area contributed by atoms with E-state index in [9.17, 15) is 0 Å². The topological polar surface area (TPSA) is 19.7 Å². The van der Waals surface area contributed by atoms with Gasteiger partial charge in [-0.1, -0.05) is 143 Å².